The Labute approximate surface area is 315 Å². The third-order valence-electron chi connectivity index (χ3n) is 12.0. The first kappa shape index (κ1) is 29.1. The fourth-order valence-corrected chi connectivity index (χ4v) is 9.69. The van der Waals surface area contributed by atoms with E-state index in [1.807, 2.05) is 0 Å². The molecule has 0 saturated heterocycles. The summed E-state index contributed by atoms with van der Waals surface area (Å²) in [5.41, 5.74) is 16.2. The SMILES string of the molecule is c1ccc(-c2ccc(-n3c4ccccc4c4ccc5c6ccc7c8ccccc8oc7c6n(-c6ccc7c(c6)-c6cccc8cccc-7c68)c5c43)cc2)cc1. The van der Waals surface area contributed by atoms with Crippen molar-refractivity contribution < 1.29 is 4.42 Å². The number of rotatable bonds is 3. The van der Waals surface area contributed by atoms with E-state index in [2.05, 4.69) is 191 Å². The minimum Gasteiger partial charge on any atom is -0.454 e. The van der Waals surface area contributed by atoms with Crippen LogP contribution in [0.5, 0.6) is 0 Å². The molecule has 0 unspecified atom stereocenters. The van der Waals surface area contributed by atoms with Crippen molar-refractivity contribution in [2.45, 2.75) is 0 Å². The van der Waals surface area contributed by atoms with Crippen LogP contribution >= 0.6 is 0 Å². The number of fused-ring (bicyclic) bond motifs is 14. The molecule has 3 heteroatoms. The summed E-state index contributed by atoms with van der Waals surface area (Å²) in [7, 11) is 0. The molecule has 3 aromatic heterocycles. The summed E-state index contributed by atoms with van der Waals surface area (Å²) in [6.07, 6.45) is 0. The monoisotopic (exact) mass is 698 g/mol. The smallest absolute Gasteiger partial charge is 0.160 e. The van der Waals surface area contributed by atoms with Gasteiger partial charge >= 0.3 is 0 Å². The zero-order valence-electron chi connectivity index (χ0n) is 29.6. The van der Waals surface area contributed by atoms with Crippen LogP contribution in [0, 0.1) is 0 Å². The van der Waals surface area contributed by atoms with Crippen molar-refractivity contribution in [1.29, 1.82) is 0 Å². The average molecular weight is 699 g/mol. The van der Waals surface area contributed by atoms with Gasteiger partial charge in [-0.05, 0) is 86.6 Å². The summed E-state index contributed by atoms with van der Waals surface area (Å²) in [5.74, 6) is 0. The number of aromatic nitrogens is 2. The molecule has 0 fully saturated rings. The lowest BCUT2D eigenvalue weighted by Gasteiger charge is -2.14. The van der Waals surface area contributed by atoms with Crippen molar-refractivity contribution in [3.8, 4) is 44.8 Å². The predicted octanol–water partition coefficient (Wildman–Crippen LogP) is 14.2. The summed E-state index contributed by atoms with van der Waals surface area (Å²) in [6.45, 7) is 0. The standard InChI is InChI=1S/C52H30N2O/c1-2-10-31(11-3-1)32-20-22-34(23-21-32)53-46-18-6-4-14-37(46)41-26-27-42-43-28-29-44-38-15-5-7-19-47(38)55-52(44)51(43)54(50(42)49(41)53)35-24-25-36-39-16-8-12-33-13-9-17-40(48(33)39)45(36)30-35/h1-30H. The second-order valence-corrected chi connectivity index (χ2v) is 14.8. The van der Waals surface area contributed by atoms with Crippen molar-refractivity contribution in [2.75, 3.05) is 0 Å². The number of hydrogen-bond donors (Lipinski definition) is 0. The minimum absolute atomic E-state index is 0.899. The molecular weight excluding hydrogens is 669 g/mol. The Morgan fingerprint density at radius 1 is 0.345 bits per heavy atom. The molecule has 0 N–H and O–H groups in total. The zero-order valence-corrected chi connectivity index (χ0v) is 29.6. The van der Waals surface area contributed by atoms with Crippen LogP contribution < -0.4 is 0 Å². The third kappa shape index (κ3) is 3.84. The van der Waals surface area contributed by atoms with E-state index in [9.17, 15) is 0 Å². The van der Waals surface area contributed by atoms with Gasteiger partial charge in [0.25, 0.3) is 0 Å². The number of benzene rings is 9. The van der Waals surface area contributed by atoms with Crippen LogP contribution in [0.2, 0.25) is 0 Å². The predicted molar refractivity (Wildman–Crippen MR) is 230 cm³/mol. The molecule has 0 spiro atoms. The van der Waals surface area contributed by atoms with Gasteiger partial charge < -0.3 is 13.6 Å². The Kier molecular flexibility index (Phi) is 5.63. The molecule has 0 atom stereocenters. The van der Waals surface area contributed by atoms with Crippen molar-refractivity contribution in [3.63, 3.8) is 0 Å². The molecule has 9 aromatic carbocycles. The van der Waals surface area contributed by atoms with Gasteiger partial charge in [-0.3, -0.25) is 0 Å². The molecule has 254 valence electrons. The van der Waals surface area contributed by atoms with Gasteiger partial charge in [-0.25, -0.2) is 0 Å². The molecule has 1 aliphatic carbocycles. The molecule has 1 aliphatic rings. The number of nitrogens with zero attached hydrogens (tertiary/aromatic N) is 2. The lowest BCUT2D eigenvalue weighted by atomic mass is 10.0. The van der Waals surface area contributed by atoms with E-state index in [1.165, 1.54) is 76.7 Å². The van der Waals surface area contributed by atoms with Gasteiger partial charge in [0, 0.05) is 43.7 Å². The van der Waals surface area contributed by atoms with Crippen LogP contribution in [0.3, 0.4) is 0 Å². The zero-order chi connectivity index (χ0) is 35.8. The minimum atomic E-state index is 0.899. The topological polar surface area (TPSA) is 23.0 Å². The van der Waals surface area contributed by atoms with E-state index >= 15 is 0 Å². The van der Waals surface area contributed by atoms with Crippen molar-refractivity contribution in [3.05, 3.63) is 182 Å². The van der Waals surface area contributed by atoms with Crippen molar-refractivity contribution in [2.24, 2.45) is 0 Å². The Balaban J connectivity index is 1.19. The molecular formula is C52H30N2O. The van der Waals surface area contributed by atoms with E-state index in [0.717, 1.165) is 44.3 Å². The highest BCUT2D eigenvalue weighted by atomic mass is 16.3. The first-order valence-corrected chi connectivity index (χ1v) is 18.9. The Morgan fingerprint density at radius 2 is 0.964 bits per heavy atom. The molecule has 13 rings (SSSR count). The molecule has 0 bridgehead atoms. The van der Waals surface area contributed by atoms with Crippen LogP contribution in [0.1, 0.15) is 0 Å². The van der Waals surface area contributed by atoms with Crippen molar-refractivity contribution >= 4 is 76.3 Å². The maximum atomic E-state index is 6.86. The fraction of sp³-hybridized carbons (Fsp3) is 0. The second kappa shape index (κ2) is 10.6. The molecule has 3 nitrogen and oxygen atoms in total. The highest BCUT2D eigenvalue weighted by Crippen LogP contribution is 2.50. The summed E-state index contributed by atoms with van der Waals surface area (Å²) in [5, 5.41) is 9.68. The summed E-state index contributed by atoms with van der Waals surface area (Å²) in [4.78, 5) is 0. The first-order valence-electron chi connectivity index (χ1n) is 18.9. The lowest BCUT2D eigenvalue weighted by Crippen LogP contribution is -1.99. The van der Waals surface area contributed by atoms with E-state index in [4.69, 9.17) is 4.42 Å². The first-order chi connectivity index (χ1) is 27.3. The number of para-hydroxylation sites is 2. The van der Waals surface area contributed by atoms with Gasteiger partial charge in [0.05, 0.1) is 22.1 Å². The molecule has 12 aromatic rings. The number of furan rings is 1. The molecule has 55 heavy (non-hydrogen) atoms. The third-order valence-corrected chi connectivity index (χ3v) is 12.0. The molecule has 0 amide bonds. The summed E-state index contributed by atoms with van der Waals surface area (Å²) in [6, 6.07) is 66.5. The van der Waals surface area contributed by atoms with Gasteiger partial charge in [-0.2, -0.15) is 0 Å². The van der Waals surface area contributed by atoms with Gasteiger partial charge in [0.2, 0.25) is 0 Å². The van der Waals surface area contributed by atoms with E-state index in [-0.39, 0.29) is 0 Å². The molecule has 3 heterocycles. The lowest BCUT2D eigenvalue weighted by molar-refractivity contribution is 0.671. The Bertz CT molecular complexity index is 3570. The van der Waals surface area contributed by atoms with Crippen molar-refractivity contribution in [1.82, 2.24) is 9.13 Å². The van der Waals surface area contributed by atoms with Gasteiger partial charge in [-0.1, -0.05) is 140 Å². The largest absolute Gasteiger partial charge is 0.454 e. The summed E-state index contributed by atoms with van der Waals surface area (Å²) < 4.78 is 11.8. The van der Waals surface area contributed by atoms with E-state index < -0.39 is 0 Å². The van der Waals surface area contributed by atoms with Crippen LogP contribution in [0.15, 0.2) is 186 Å². The highest BCUT2D eigenvalue weighted by molar-refractivity contribution is 6.28. The second-order valence-electron chi connectivity index (χ2n) is 14.8. The molecule has 0 aliphatic heterocycles. The Hall–Kier alpha value is -7.36. The van der Waals surface area contributed by atoms with Crippen LogP contribution in [-0.4, -0.2) is 9.13 Å². The maximum absolute atomic E-state index is 6.86. The Morgan fingerprint density at radius 3 is 1.78 bits per heavy atom. The van der Waals surface area contributed by atoms with Crippen LogP contribution in [0.25, 0.3) is 121 Å². The fourth-order valence-electron chi connectivity index (χ4n) is 9.69. The summed E-state index contributed by atoms with van der Waals surface area (Å²) >= 11 is 0. The molecule has 0 radical (unpaired) electrons. The van der Waals surface area contributed by atoms with Crippen LogP contribution in [-0.2, 0) is 0 Å². The number of hydrogen-bond acceptors (Lipinski definition) is 1. The quantitative estimate of drug-likeness (QED) is 0.180. The van der Waals surface area contributed by atoms with E-state index in [1.54, 1.807) is 0 Å². The normalized spacial score (nSPS) is 12.4. The highest BCUT2D eigenvalue weighted by Gasteiger charge is 2.26. The average Bonchev–Trinajstić information content (AvgIpc) is 3.99. The maximum Gasteiger partial charge on any atom is 0.160 e. The molecule has 0 saturated carbocycles. The van der Waals surface area contributed by atoms with Gasteiger partial charge in [0.15, 0.2) is 5.58 Å². The van der Waals surface area contributed by atoms with Gasteiger partial charge in [-0.15, -0.1) is 0 Å². The van der Waals surface area contributed by atoms with Crippen LogP contribution in [0.4, 0.5) is 0 Å². The van der Waals surface area contributed by atoms with Gasteiger partial charge in [0.1, 0.15) is 5.58 Å². The van der Waals surface area contributed by atoms with E-state index in [0.29, 0.717) is 0 Å².